The molecule has 0 aliphatic heterocycles. The van der Waals surface area contributed by atoms with Gasteiger partial charge >= 0.3 is 0 Å². The van der Waals surface area contributed by atoms with Gasteiger partial charge in [-0.15, -0.1) is 0 Å². The van der Waals surface area contributed by atoms with E-state index in [1.54, 1.807) is 55.6 Å². The topological polar surface area (TPSA) is 90.2 Å². The van der Waals surface area contributed by atoms with E-state index in [0.717, 1.165) is 5.56 Å². The fourth-order valence-corrected chi connectivity index (χ4v) is 2.58. The Labute approximate surface area is 162 Å². The maximum Gasteiger partial charge on any atom is 0.262 e. The van der Waals surface area contributed by atoms with E-state index < -0.39 is 0 Å². The summed E-state index contributed by atoms with van der Waals surface area (Å²) < 4.78 is 21.4. The molecule has 0 unspecified atom stereocenters. The molecule has 0 atom stereocenters. The first-order valence-electron chi connectivity index (χ1n) is 8.57. The number of hydrogen-bond acceptors (Lipinski definition) is 6. The van der Waals surface area contributed by atoms with Gasteiger partial charge in [0.2, 0.25) is 0 Å². The summed E-state index contributed by atoms with van der Waals surface area (Å²) in [5, 5.41) is 11.9. The summed E-state index contributed by atoms with van der Waals surface area (Å²) >= 11 is 0. The van der Waals surface area contributed by atoms with Gasteiger partial charge in [-0.25, -0.2) is 0 Å². The lowest BCUT2D eigenvalue weighted by Crippen LogP contribution is -2.20. The number of carbonyl (C=O) groups excluding carboxylic acids is 1. The van der Waals surface area contributed by atoms with Crippen molar-refractivity contribution in [3.05, 3.63) is 60.4 Å². The van der Waals surface area contributed by atoms with Crippen LogP contribution in [0.1, 0.15) is 5.76 Å². The summed E-state index contributed by atoms with van der Waals surface area (Å²) in [6, 6.07) is 15.7. The quantitative estimate of drug-likeness (QED) is 0.619. The van der Waals surface area contributed by atoms with Crippen molar-refractivity contribution in [2.75, 3.05) is 26.1 Å². The van der Waals surface area contributed by atoms with Gasteiger partial charge in [-0.05, 0) is 54.6 Å². The van der Waals surface area contributed by atoms with Gasteiger partial charge in [0, 0.05) is 5.56 Å². The van der Waals surface area contributed by atoms with Crippen molar-refractivity contribution in [2.24, 2.45) is 0 Å². The zero-order chi connectivity index (χ0) is 19.9. The normalized spacial score (nSPS) is 10.4. The maximum absolute atomic E-state index is 12.3. The lowest BCUT2D eigenvalue weighted by Gasteiger charge is -2.12. The van der Waals surface area contributed by atoms with Crippen molar-refractivity contribution < 1.29 is 28.5 Å². The molecule has 0 fully saturated rings. The Morgan fingerprint density at radius 3 is 2.39 bits per heavy atom. The molecule has 1 aromatic heterocycles. The van der Waals surface area contributed by atoms with Gasteiger partial charge in [-0.3, -0.25) is 4.79 Å². The number of carbonyl (C=O) groups is 1. The van der Waals surface area contributed by atoms with Crippen molar-refractivity contribution in [1.29, 1.82) is 0 Å². The lowest BCUT2D eigenvalue weighted by atomic mass is 10.1. The number of methoxy groups -OCH3 is 2. The molecule has 0 aliphatic rings. The van der Waals surface area contributed by atoms with Crippen LogP contribution in [-0.2, 0) is 11.4 Å². The van der Waals surface area contributed by atoms with E-state index >= 15 is 0 Å². The van der Waals surface area contributed by atoms with Crippen molar-refractivity contribution in [3.8, 4) is 28.6 Å². The highest BCUT2D eigenvalue weighted by atomic mass is 16.5. The molecule has 2 N–H and O–H groups in total. The average Bonchev–Trinajstić information content (AvgIpc) is 3.22. The van der Waals surface area contributed by atoms with E-state index in [1.165, 1.54) is 7.11 Å². The van der Waals surface area contributed by atoms with Crippen LogP contribution in [0.2, 0.25) is 0 Å². The summed E-state index contributed by atoms with van der Waals surface area (Å²) in [6.45, 7) is -0.336. The maximum atomic E-state index is 12.3. The number of furan rings is 1. The zero-order valence-corrected chi connectivity index (χ0v) is 15.6. The van der Waals surface area contributed by atoms with Crippen LogP contribution in [-0.4, -0.2) is 31.8 Å². The second kappa shape index (κ2) is 8.96. The fourth-order valence-electron chi connectivity index (χ4n) is 2.58. The van der Waals surface area contributed by atoms with E-state index in [2.05, 4.69) is 5.32 Å². The minimum Gasteiger partial charge on any atom is -0.497 e. The Morgan fingerprint density at radius 1 is 1.00 bits per heavy atom. The summed E-state index contributed by atoms with van der Waals surface area (Å²) in [6.07, 6.45) is 0. The molecule has 0 radical (unpaired) electrons. The Kier molecular flexibility index (Phi) is 6.18. The third-order valence-electron chi connectivity index (χ3n) is 4.00. The summed E-state index contributed by atoms with van der Waals surface area (Å²) in [5.74, 6) is 2.49. The monoisotopic (exact) mass is 383 g/mol. The van der Waals surface area contributed by atoms with Crippen LogP contribution < -0.4 is 19.5 Å². The first kappa shape index (κ1) is 19.3. The SMILES string of the molecule is COc1ccc(OCC(=O)Nc2cc(-c3ccc(CO)o3)ccc2OC)cc1. The third-order valence-corrected chi connectivity index (χ3v) is 4.00. The molecule has 0 saturated heterocycles. The Hall–Kier alpha value is -3.45. The number of benzene rings is 2. The average molecular weight is 383 g/mol. The van der Waals surface area contributed by atoms with Gasteiger partial charge in [0.25, 0.3) is 5.91 Å². The molecule has 7 heteroatoms. The van der Waals surface area contributed by atoms with Gasteiger partial charge in [0.05, 0.1) is 19.9 Å². The molecular formula is C21H21NO6. The molecular weight excluding hydrogens is 362 g/mol. The summed E-state index contributed by atoms with van der Waals surface area (Å²) in [5.41, 5.74) is 1.23. The van der Waals surface area contributed by atoms with Gasteiger partial charge in [-0.2, -0.15) is 0 Å². The molecule has 1 heterocycles. The molecule has 3 aromatic rings. The van der Waals surface area contributed by atoms with Crippen LogP contribution in [0.15, 0.2) is 59.0 Å². The molecule has 0 bridgehead atoms. The number of hydrogen-bond donors (Lipinski definition) is 2. The number of aliphatic hydroxyl groups is 1. The van der Waals surface area contributed by atoms with E-state index in [0.29, 0.717) is 34.5 Å². The largest absolute Gasteiger partial charge is 0.497 e. The van der Waals surface area contributed by atoms with E-state index in [9.17, 15) is 4.79 Å². The number of ether oxygens (including phenoxy) is 3. The minimum absolute atomic E-state index is 0.158. The number of nitrogens with one attached hydrogen (secondary N) is 1. The number of aliphatic hydroxyl groups excluding tert-OH is 1. The summed E-state index contributed by atoms with van der Waals surface area (Å²) in [4.78, 5) is 12.3. The van der Waals surface area contributed by atoms with Gasteiger partial charge in [0.15, 0.2) is 6.61 Å². The van der Waals surface area contributed by atoms with Crippen molar-refractivity contribution in [2.45, 2.75) is 6.61 Å². The van der Waals surface area contributed by atoms with E-state index in [4.69, 9.17) is 23.7 Å². The van der Waals surface area contributed by atoms with Crippen LogP contribution in [0.3, 0.4) is 0 Å². The predicted molar refractivity (Wildman–Crippen MR) is 104 cm³/mol. The highest BCUT2D eigenvalue weighted by molar-refractivity contribution is 5.94. The van der Waals surface area contributed by atoms with Crippen molar-refractivity contribution in [3.63, 3.8) is 0 Å². The molecule has 7 nitrogen and oxygen atoms in total. The predicted octanol–water partition coefficient (Wildman–Crippen LogP) is 3.47. The molecule has 3 rings (SSSR count). The molecule has 0 saturated carbocycles. The third kappa shape index (κ3) is 4.63. The zero-order valence-electron chi connectivity index (χ0n) is 15.6. The molecule has 0 aliphatic carbocycles. The van der Waals surface area contributed by atoms with Crippen LogP contribution in [0.4, 0.5) is 5.69 Å². The van der Waals surface area contributed by atoms with Crippen LogP contribution >= 0.6 is 0 Å². The summed E-state index contributed by atoms with van der Waals surface area (Å²) in [7, 11) is 3.10. The first-order chi connectivity index (χ1) is 13.6. The smallest absolute Gasteiger partial charge is 0.262 e. The highest BCUT2D eigenvalue weighted by Gasteiger charge is 2.12. The van der Waals surface area contributed by atoms with E-state index in [-0.39, 0.29) is 19.1 Å². The van der Waals surface area contributed by atoms with Gasteiger partial charge in [0.1, 0.15) is 35.4 Å². The molecule has 146 valence electrons. The minimum atomic E-state index is -0.332. The van der Waals surface area contributed by atoms with Crippen molar-refractivity contribution in [1.82, 2.24) is 0 Å². The number of anilines is 1. The number of rotatable bonds is 8. The highest BCUT2D eigenvalue weighted by Crippen LogP contribution is 2.31. The number of amides is 1. The van der Waals surface area contributed by atoms with Crippen LogP contribution in [0, 0.1) is 0 Å². The Bertz CT molecular complexity index is 932. The van der Waals surface area contributed by atoms with Crippen LogP contribution in [0.5, 0.6) is 17.2 Å². The van der Waals surface area contributed by atoms with E-state index in [1.807, 2.05) is 6.07 Å². The Balaban J connectivity index is 1.68. The molecule has 28 heavy (non-hydrogen) atoms. The molecule has 2 aromatic carbocycles. The lowest BCUT2D eigenvalue weighted by molar-refractivity contribution is -0.118. The first-order valence-corrected chi connectivity index (χ1v) is 8.57. The molecule has 0 spiro atoms. The fraction of sp³-hybridized carbons (Fsp3) is 0.190. The van der Waals surface area contributed by atoms with Crippen LogP contribution in [0.25, 0.3) is 11.3 Å². The standard InChI is InChI=1S/C21H21NO6/c1-25-15-4-6-16(7-5-15)27-13-21(24)22-18-11-14(3-9-20(18)26-2)19-10-8-17(12-23)28-19/h3-11,23H,12-13H2,1-2H3,(H,22,24). The van der Waals surface area contributed by atoms with Gasteiger partial charge in [-0.1, -0.05) is 0 Å². The second-order valence-corrected chi connectivity index (χ2v) is 5.85. The molecule has 1 amide bonds. The second-order valence-electron chi connectivity index (χ2n) is 5.85. The Morgan fingerprint density at radius 2 is 1.75 bits per heavy atom. The van der Waals surface area contributed by atoms with Crippen molar-refractivity contribution >= 4 is 11.6 Å². The van der Waals surface area contributed by atoms with Gasteiger partial charge < -0.3 is 29.1 Å².